The minimum absolute atomic E-state index is 0.0289. The highest BCUT2D eigenvalue weighted by atomic mass is 32.2. The van der Waals surface area contributed by atoms with Crippen LogP contribution in [0, 0.1) is 11.8 Å². The van der Waals surface area contributed by atoms with E-state index in [1.54, 1.807) is 6.92 Å². The summed E-state index contributed by atoms with van der Waals surface area (Å²) in [6.07, 6.45) is -1.67. The molecule has 2 saturated heterocycles. The summed E-state index contributed by atoms with van der Waals surface area (Å²) in [7, 11) is -2.19. The van der Waals surface area contributed by atoms with E-state index in [1.807, 2.05) is 6.92 Å². The summed E-state index contributed by atoms with van der Waals surface area (Å²) in [5.41, 5.74) is 0. The van der Waals surface area contributed by atoms with Crippen molar-refractivity contribution in [1.29, 1.82) is 0 Å². The Kier molecular flexibility index (Phi) is 6.46. The van der Waals surface area contributed by atoms with Gasteiger partial charge < -0.3 is 20.3 Å². The van der Waals surface area contributed by atoms with Crippen molar-refractivity contribution in [2.24, 2.45) is 11.8 Å². The third-order valence-corrected chi connectivity index (χ3v) is 8.09. The number of nitrogens with zero attached hydrogens (tertiary/aromatic N) is 1. The molecule has 0 bridgehead atoms. The molecule has 2 fully saturated rings. The van der Waals surface area contributed by atoms with Crippen LogP contribution in [0.3, 0.4) is 0 Å². The number of amides is 1. The molecule has 3 heterocycles. The van der Waals surface area contributed by atoms with E-state index in [0.29, 0.717) is 17.9 Å². The topological polar surface area (TPSA) is 157 Å². The first-order valence-corrected chi connectivity index (χ1v) is 11.7. The highest BCUT2D eigenvalue weighted by Crippen LogP contribution is 2.52. The van der Waals surface area contributed by atoms with Gasteiger partial charge in [-0.05, 0) is 13.3 Å². The van der Waals surface area contributed by atoms with Crippen molar-refractivity contribution < 1.29 is 33.0 Å². The molecule has 0 radical (unpaired) electrons. The summed E-state index contributed by atoms with van der Waals surface area (Å²) in [6, 6.07) is -0.396. The predicted octanol–water partition coefficient (Wildman–Crippen LogP) is -0.775. The molecule has 0 aliphatic carbocycles. The number of carbonyl (C=O) groups is 2. The van der Waals surface area contributed by atoms with Crippen molar-refractivity contribution >= 4 is 34.0 Å². The van der Waals surface area contributed by atoms with E-state index in [-0.39, 0.29) is 41.6 Å². The molecular weight excluding hydrogens is 424 g/mol. The van der Waals surface area contributed by atoms with E-state index < -0.39 is 28.4 Å². The van der Waals surface area contributed by atoms with Crippen molar-refractivity contribution in [3.05, 3.63) is 10.8 Å². The van der Waals surface area contributed by atoms with Gasteiger partial charge in [0, 0.05) is 37.3 Å². The molecule has 29 heavy (non-hydrogen) atoms. The zero-order chi connectivity index (χ0) is 21.5. The summed E-state index contributed by atoms with van der Waals surface area (Å²) in [6.45, 7) is 4.27. The standard InChI is InChI=1S/C16H26N4O7S2/c1-7-12-11(8(2)21)14(22)20(12)15(27-16(23)24)13(7)28-10-4-9(18-6-10)5-19-29(25,26)17-3/h7-12,17-19,21H,4-6H2,1-3H3,(H,23,24)/t7-,8-,9+,10+,11-,12-/m1/s1. The Morgan fingerprint density at radius 2 is 2.17 bits per heavy atom. The molecule has 0 unspecified atom stereocenters. The molecule has 3 aliphatic heterocycles. The van der Waals surface area contributed by atoms with Gasteiger partial charge in [0.1, 0.15) is 0 Å². The molecule has 0 aromatic rings. The van der Waals surface area contributed by atoms with Crippen LogP contribution in [0.4, 0.5) is 4.79 Å². The first-order chi connectivity index (χ1) is 13.6. The zero-order valence-electron chi connectivity index (χ0n) is 16.3. The number of carboxylic acid groups (broad SMARTS) is 1. The number of β-lactam (4-membered cyclic amide) rings is 1. The van der Waals surface area contributed by atoms with Gasteiger partial charge in [0.15, 0.2) is 0 Å². The first kappa shape index (κ1) is 22.3. The minimum atomic E-state index is -3.51. The molecule has 0 aromatic heterocycles. The second-order valence-corrected chi connectivity index (χ2v) is 10.5. The van der Waals surface area contributed by atoms with Gasteiger partial charge in [0.2, 0.25) is 11.8 Å². The Morgan fingerprint density at radius 1 is 1.48 bits per heavy atom. The molecule has 0 aromatic carbocycles. The fourth-order valence-electron chi connectivity index (χ4n) is 4.09. The summed E-state index contributed by atoms with van der Waals surface area (Å²) >= 11 is 1.44. The quantitative estimate of drug-likeness (QED) is 0.236. The highest BCUT2D eigenvalue weighted by molar-refractivity contribution is 8.03. The Hall–Kier alpha value is -1.38. The first-order valence-electron chi connectivity index (χ1n) is 9.30. The highest BCUT2D eigenvalue weighted by Gasteiger charge is 2.60. The van der Waals surface area contributed by atoms with E-state index >= 15 is 0 Å². The number of nitrogens with one attached hydrogen (secondary N) is 3. The summed E-state index contributed by atoms with van der Waals surface area (Å²) in [5.74, 6) is -1.07. The second-order valence-electron chi connectivity index (χ2n) is 7.43. The Balaban J connectivity index is 1.69. The maximum Gasteiger partial charge on any atom is 0.512 e. The summed E-state index contributed by atoms with van der Waals surface area (Å²) < 4.78 is 32.6. The maximum atomic E-state index is 12.4. The molecule has 11 nitrogen and oxygen atoms in total. The van der Waals surface area contributed by atoms with Gasteiger partial charge in [0.25, 0.3) is 10.2 Å². The number of rotatable bonds is 8. The molecule has 0 spiro atoms. The predicted molar refractivity (Wildman–Crippen MR) is 105 cm³/mol. The van der Waals surface area contributed by atoms with E-state index in [9.17, 15) is 23.1 Å². The molecule has 6 atom stereocenters. The fraction of sp³-hybridized carbons (Fsp3) is 0.750. The SMILES string of the molecule is CNS(=O)(=O)NC[C@@H]1C[C@H](SC2=C(OC(=O)O)N3C(=O)[C@H]([C@@H](C)O)[C@H]3[C@H]2C)CN1. The number of thioether (sulfide) groups is 1. The maximum absolute atomic E-state index is 12.4. The molecule has 13 heteroatoms. The molecule has 1 amide bonds. The van der Waals surface area contributed by atoms with Gasteiger partial charge in [-0.15, -0.1) is 11.8 Å². The lowest BCUT2D eigenvalue weighted by atomic mass is 9.79. The molecule has 3 aliphatic rings. The fourth-order valence-corrected chi connectivity index (χ4v) is 6.12. The zero-order valence-corrected chi connectivity index (χ0v) is 17.9. The average molecular weight is 451 g/mol. The second kappa shape index (κ2) is 8.40. The van der Waals surface area contributed by atoms with Gasteiger partial charge in [-0.1, -0.05) is 6.92 Å². The summed E-state index contributed by atoms with van der Waals surface area (Å²) in [5, 5.41) is 22.3. The Labute approximate surface area is 173 Å². The van der Waals surface area contributed by atoms with Crippen molar-refractivity contribution in [2.75, 3.05) is 20.1 Å². The van der Waals surface area contributed by atoms with Crippen LogP contribution in [-0.2, 0) is 19.7 Å². The van der Waals surface area contributed by atoms with Crippen molar-refractivity contribution in [1.82, 2.24) is 19.7 Å². The number of carbonyl (C=O) groups excluding carboxylic acids is 1. The van der Waals surface area contributed by atoms with E-state index in [2.05, 4.69) is 14.8 Å². The number of hydrogen-bond donors (Lipinski definition) is 5. The largest absolute Gasteiger partial charge is 0.512 e. The van der Waals surface area contributed by atoms with Crippen LogP contribution in [-0.4, -0.2) is 79.2 Å². The van der Waals surface area contributed by atoms with E-state index in [4.69, 9.17) is 9.84 Å². The number of aliphatic hydroxyl groups excluding tert-OH is 1. The van der Waals surface area contributed by atoms with Gasteiger partial charge >= 0.3 is 6.16 Å². The number of ether oxygens (including phenoxy) is 1. The van der Waals surface area contributed by atoms with Crippen LogP contribution >= 0.6 is 11.8 Å². The third-order valence-electron chi connectivity index (χ3n) is 5.51. The molecule has 0 saturated carbocycles. The van der Waals surface area contributed by atoms with Crippen molar-refractivity contribution in [3.63, 3.8) is 0 Å². The number of aliphatic hydroxyl groups is 1. The van der Waals surface area contributed by atoms with Crippen LogP contribution in [0.2, 0.25) is 0 Å². The molecule has 164 valence electrons. The Morgan fingerprint density at radius 3 is 2.76 bits per heavy atom. The van der Waals surface area contributed by atoms with Gasteiger partial charge in [-0.2, -0.15) is 8.42 Å². The normalized spacial score (nSPS) is 32.9. The van der Waals surface area contributed by atoms with Gasteiger partial charge in [0.05, 0.1) is 23.0 Å². The van der Waals surface area contributed by atoms with Gasteiger partial charge in [-0.3, -0.25) is 9.69 Å². The third kappa shape index (κ3) is 4.39. The lowest BCUT2D eigenvalue weighted by Gasteiger charge is -2.45. The van der Waals surface area contributed by atoms with Crippen LogP contribution in [0.1, 0.15) is 20.3 Å². The van der Waals surface area contributed by atoms with Crippen LogP contribution in [0.25, 0.3) is 0 Å². The summed E-state index contributed by atoms with van der Waals surface area (Å²) in [4.78, 5) is 25.6. The average Bonchev–Trinajstić information content (AvgIpc) is 3.16. The smallest absolute Gasteiger partial charge is 0.449 e. The van der Waals surface area contributed by atoms with Crippen molar-refractivity contribution in [3.8, 4) is 0 Å². The van der Waals surface area contributed by atoms with Crippen LogP contribution in [0.5, 0.6) is 0 Å². The number of hydrogen-bond acceptors (Lipinski definition) is 8. The lowest BCUT2D eigenvalue weighted by Crippen LogP contribution is -2.63. The molecular formula is C16H26N4O7S2. The molecule has 5 N–H and O–H groups in total. The monoisotopic (exact) mass is 450 g/mol. The van der Waals surface area contributed by atoms with Crippen molar-refractivity contribution in [2.45, 2.75) is 43.7 Å². The van der Waals surface area contributed by atoms with E-state index in [1.165, 1.54) is 23.7 Å². The van der Waals surface area contributed by atoms with E-state index in [0.717, 1.165) is 0 Å². The van der Waals surface area contributed by atoms with Gasteiger partial charge in [-0.25, -0.2) is 14.2 Å². The van der Waals surface area contributed by atoms with Crippen LogP contribution < -0.4 is 14.8 Å². The Bertz CT molecular complexity index is 816. The van der Waals surface area contributed by atoms with Crippen LogP contribution in [0.15, 0.2) is 10.8 Å². The minimum Gasteiger partial charge on any atom is -0.449 e. The lowest BCUT2D eigenvalue weighted by molar-refractivity contribution is -0.163. The number of fused-ring (bicyclic) bond motifs is 1. The molecule has 3 rings (SSSR count).